The van der Waals surface area contributed by atoms with Crippen molar-refractivity contribution in [2.75, 3.05) is 32.0 Å². The maximum atomic E-state index is 12.5. The summed E-state index contributed by atoms with van der Waals surface area (Å²) in [6.07, 6.45) is 2.44. The van der Waals surface area contributed by atoms with Gasteiger partial charge in [-0.1, -0.05) is 0 Å². The zero-order valence-electron chi connectivity index (χ0n) is 16.8. The van der Waals surface area contributed by atoms with Crippen molar-refractivity contribution >= 4 is 23.0 Å². The number of likely N-dealkylation sites (N-methyl/N-ethyl adjacent to an activating group) is 1. The third kappa shape index (κ3) is 6.09. The second-order valence-electron chi connectivity index (χ2n) is 6.43. The molecular formula is C20H27FN6O. The van der Waals surface area contributed by atoms with Crippen LogP contribution in [0.2, 0.25) is 0 Å². The highest BCUT2D eigenvalue weighted by molar-refractivity contribution is 6.38. The van der Waals surface area contributed by atoms with E-state index in [1.54, 1.807) is 19.1 Å². The molecule has 8 heteroatoms. The molecule has 0 fully saturated rings. The summed E-state index contributed by atoms with van der Waals surface area (Å²) in [7, 11) is 1.83. The Labute approximate surface area is 164 Å². The number of aryl methyl sites for hydroxylation is 2. The Balaban J connectivity index is 0.000000233. The minimum absolute atomic E-state index is 0.137. The molecule has 0 radical (unpaired) electrons. The van der Waals surface area contributed by atoms with Gasteiger partial charge >= 0.3 is 0 Å². The number of halogens is 1. The summed E-state index contributed by atoms with van der Waals surface area (Å²) in [5, 5.41) is 8.89. The first-order valence-corrected chi connectivity index (χ1v) is 9.21. The summed E-state index contributed by atoms with van der Waals surface area (Å²) < 4.78 is 12.5. The van der Waals surface area contributed by atoms with Gasteiger partial charge < -0.3 is 16.0 Å². The Morgan fingerprint density at radius 2 is 1.96 bits per heavy atom. The largest absolute Gasteiger partial charge is 0.384 e. The molecule has 150 valence electrons. The van der Waals surface area contributed by atoms with E-state index in [0.717, 1.165) is 42.1 Å². The minimum Gasteiger partial charge on any atom is -0.384 e. The van der Waals surface area contributed by atoms with Gasteiger partial charge in [0.15, 0.2) is 0 Å². The monoisotopic (exact) mass is 386 g/mol. The topological polar surface area (TPSA) is 91.3 Å². The summed E-state index contributed by atoms with van der Waals surface area (Å²) in [6.45, 7) is 7.62. The van der Waals surface area contributed by atoms with Crippen molar-refractivity contribution in [1.82, 2.24) is 20.6 Å². The summed E-state index contributed by atoms with van der Waals surface area (Å²) in [5.74, 6) is -0.310. The lowest BCUT2D eigenvalue weighted by atomic mass is 10.2. The Hall–Kier alpha value is -2.87. The van der Waals surface area contributed by atoms with Gasteiger partial charge in [-0.25, -0.2) is 19.4 Å². The lowest BCUT2D eigenvalue weighted by Crippen LogP contribution is -2.34. The minimum atomic E-state index is -0.173. The summed E-state index contributed by atoms with van der Waals surface area (Å²) in [6, 6.07) is 4.87. The van der Waals surface area contributed by atoms with E-state index in [-0.39, 0.29) is 11.7 Å². The van der Waals surface area contributed by atoms with Gasteiger partial charge in [0.2, 0.25) is 0 Å². The van der Waals surface area contributed by atoms with Crippen molar-refractivity contribution in [2.45, 2.75) is 27.2 Å². The molecule has 7 nitrogen and oxygen atoms in total. The second-order valence-corrected chi connectivity index (χ2v) is 6.43. The van der Waals surface area contributed by atoms with Gasteiger partial charge in [0.05, 0.1) is 11.4 Å². The second kappa shape index (κ2) is 10.5. The van der Waals surface area contributed by atoms with Crippen LogP contribution in [0.1, 0.15) is 23.9 Å². The van der Waals surface area contributed by atoms with Crippen molar-refractivity contribution in [3.63, 3.8) is 0 Å². The van der Waals surface area contributed by atoms with Gasteiger partial charge in [0.25, 0.3) is 5.91 Å². The highest BCUT2D eigenvalue weighted by Crippen LogP contribution is 2.22. The fraction of sp³-hybridized carbons (Fsp3) is 0.400. The Kier molecular flexibility index (Phi) is 8.01. The number of nitrogens with one attached hydrogen (secondary N) is 3. The highest BCUT2D eigenvalue weighted by atomic mass is 19.1. The lowest BCUT2D eigenvalue weighted by Gasteiger charge is -2.06. The standard InChI is InChI=1S/C12H19N5O.C8H8FN/c1-8-11(9(2)16-7-15-8)17-10(3)12(18)14-6-5-13-4;9-7-1-2-8-6(5-7)3-4-10-8/h7,13H,5-6H2,1-4H3,(H,14,18);1-2,5,10H,3-4H2. The Morgan fingerprint density at radius 3 is 2.64 bits per heavy atom. The van der Waals surface area contributed by atoms with E-state index in [1.165, 1.54) is 12.4 Å². The first-order chi connectivity index (χ1) is 13.4. The summed E-state index contributed by atoms with van der Waals surface area (Å²) in [5.41, 5.74) is 4.79. The van der Waals surface area contributed by atoms with E-state index in [2.05, 4.69) is 30.9 Å². The van der Waals surface area contributed by atoms with Crippen molar-refractivity contribution in [3.05, 3.63) is 47.3 Å². The van der Waals surface area contributed by atoms with Gasteiger partial charge in [-0.2, -0.15) is 0 Å². The van der Waals surface area contributed by atoms with Crippen LogP contribution in [0.4, 0.5) is 15.8 Å². The average Bonchev–Trinajstić information content (AvgIpc) is 3.13. The Bertz CT molecular complexity index is 832. The molecule has 0 unspecified atom stereocenters. The number of carbonyl (C=O) groups excluding carboxylic acids is 1. The number of anilines is 1. The fourth-order valence-electron chi connectivity index (χ4n) is 2.67. The van der Waals surface area contributed by atoms with E-state index >= 15 is 0 Å². The summed E-state index contributed by atoms with van der Waals surface area (Å²) >= 11 is 0. The van der Waals surface area contributed by atoms with Gasteiger partial charge in [-0.05, 0) is 58.0 Å². The average molecular weight is 386 g/mol. The highest BCUT2D eigenvalue weighted by Gasteiger charge is 2.09. The maximum Gasteiger partial charge on any atom is 0.265 e. The molecule has 1 amide bonds. The lowest BCUT2D eigenvalue weighted by molar-refractivity contribution is -0.114. The molecule has 0 atom stereocenters. The molecule has 2 aromatic rings. The molecule has 28 heavy (non-hydrogen) atoms. The zero-order chi connectivity index (χ0) is 20.5. The van der Waals surface area contributed by atoms with Crippen LogP contribution in [0.3, 0.4) is 0 Å². The molecule has 0 saturated carbocycles. The molecule has 0 bridgehead atoms. The van der Waals surface area contributed by atoms with Crippen molar-refractivity contribution < 1.29 is 9.18 Å². The van der Waals surface area contributed by atoms with Crippen LogP contribution in [0.15, 0.2) is 29.5 Å². The molecule has 1 aliphatic heterocycles. The number of hydrogen-bond donors (Lipinski definition) is 3. The number of amides is 1. The number of carbonyl (C=O) groups is 1. The van der Waals surface area contributed by atoms with Crippen LogP contribution in [0, 0.1) is 19.7 Å². The fourth-order valence-corrected chi connectivity index (χ4v) is 2.67. The van der Waals surface area contributed by atoms with E-state index in [4.69, 9.17) is 0 Å². The maximum absolute atomic E-state index is 12.5. The number of rotatable bonds is 5. The first kappa shape index (κ1) is 21.4. The zero-order valence-corrected chi connectivity index (χ0v) is 16.8. The van der Waals surface area contributed by atoms with Crippen molar-refractivity contribution in [2.24, 2.45) is 4.99 Å². The van der Waals surface area contributed by atoms with Crippen LogP contribution < -0.4 is 16.0 Å². The van der Waals surface area contributed by atoms with Crippen LogP contribution in [-0.2, 0) is 11.2 Å². The SMILES string of the molecule is CNCCNC(=O)C(C)=Nc1c(C)ncnc1C.Fc1ccc2c(c1)CCN2. The van der Waals surface area contributed by atoms with Crippen LogP contribution in [0.5, 0.6) is 0 Å². The molecule has 1 aliphatic rings. The van der Waals surface area contributed by atoms with Crippen LogP contribution in [-0.4, -0.2) is 48.3 Å². The van der Waals surface area contributed by atoms with Gasteiger partial charge in [0.1, 0.15) is 23.5 Å². The summed E-state index contributed by atoms with van der Waals surface area (Å²) in [4.78, 5) is 24.2. The number of aromatic nitrogens is 2. The van der Waals surface area contributed by atoms with Crippen molar-refractivity contribution in [3.8, 4) is 0 Å². The normalized spacial score (nSPS) is 12.5. The van der Waals surface area contributed by atoms with Crippen LogP contribution >= 0.6 is 0 Å². The number of aliphatic imine (C=N–C) groups is 1. The third-order valence-corrected chi connectivity index (χ3v) is 4.23. The number of nitrogens with zero attached hydrogens (tertiary/aromatic N) is 3. The molecule has 0 saturated heterocycles. The van der Waals surface area contributed by atoms with E-state index in [9.17, 15) is 9.18 Å². The molecule has 1 aromatic heterocycles. The molecule has 2 heterocycles. The predicted octanol–water partition coefficient (Wildman–Crippen LogP) is 2.32. The predicted molar refractivity (Wildman–Crippen MR) is 110 cm³/mol. The van der Waals surface area contributed by atoms with Crippen LogP contribution in [0.25, 0.3) is 0 Å². The molecule has 3 rings (SSSR count). The molecule has 0 spiro atoms. The molecule has 1 aromatic carbocycles. The molecular weight excluding hydrogens is 359 g/mol. The van der Waals surface area contributed by atoms with Gasteiger partial charge in [0, 0.05) is 25.3 Å². The molecule has 0 aliphatic carbocycles. The first-order valence-electron chi connectivity index (χ1n) is 9.21. The van der Waals surface area contributed by atoms with E-state index < -0.39 is 0 Å². The number of fused-ring (bicyclic) bond motifs is 1. The number of benzene rings is 1. The van der Waals surface area contributed by atoms with Gasteiger partial charge in [-0.3, -0.25) is 4.79 Å². The quantitative estimate of drug-likeness (QED) is 0.542. The van der Waals surface area contributed by atoms with Crippen molar-refractivity contribution in [1.29, 1.82) is 0 Å². The smallest absolute Gasteiger partial charge is 0.265 e. The van der Waals surface area contributed by atoms with Gasteiger partial charge in [-0.15, -0.1) is 0 Å². The third-order valence-electron chi connectivity index (χ3n) is 4.23. The molecule has 3 N–H and O–H groups in total. The van der Waals surface area contributed by atoms with E-state index in [1.807, 2.05) is 20.9 Å². The van der Waals surface area contributed by atoms with E-state index in [0.29, 0.717) is 17.9 Å². The number of hydrogen-bond acceptors (Lipinski definition) is 6. The Morgan fingerprint density at radius 1 is 1.25 bits per heavy atom.